The summed E-state index contributed by atoms with van der Waals surface area (Å²) < 4.78 is 4.78. The molecular formula is C13H18ClNO2. The van der Waals surface area contributed by atoms with Crippen LogP contribution in [0.5, 0.6) is 0 Å². The van der Waals surface area contributed by atoms with Gasteiger partial charge in [0.15, 0.2) is 0 Å². The first kappa shape index (κ1) is 13.8. The van der Waals surface area contributed by atoms with E-state index in [1.54, 1.807) is 12.1 Å². The number of unbranched alkanes of at least 4 members (excludes halogenated alkanes) is 1. The quantitative estimate of drug-likeness (QED) is 0.791. The van der Waals surface area contributed by atoms with Crippen LogP contribution in [0.3, 0.4) is 0 Å². The molecule has 17 heavy (non-hydrogen) atoms. The van der Waals surface area contributed by atoms with Crippen molar-refractivity contribution in [2.24, 2.45) is 0 Å². The Balaban J connectivity index is 2.64. The molecule has 1 atom stereocenters. The monoisotopic (exact) mass is 255 g/mol. The Hall–Kier alpha value is -1.22. The minimum Gasteiger partial charge on any atom is -0.467 e. The van der Waals surface area contributed by atoms with Gasteiger partial charge < -0.3 is 10.1 Å². The third kappa shape index (κ3) is 4.65. The normalized spacial score (nSPS) is 11.9. The highest BCUT2D eigenvalue weighted by atomic mass is 35.5. The Labute approximate surface area is 107 Å². The van der Waals surface area contributed by atoms with Crippen LogP contribution in [0.15, 0.2) is 24.3 Å². The summed E-state index contributed by atoms with van der Waals surface area (Å²) in [7, 11) is 1.41. The van der Waals surface area contributed by atoms with Crippen molar-refractivity contribution in [2.45, 2.75) is 32.2 Å². The van der Waals surface area contributed by atoms with Crippen molar-refractivity contribution in [3.63, 3.8) is 0 Å². The average molecular weight is 256 g/mol. The number of halogens is 1. The number of rotatable bonds is 6. The van der Waals surface area contributed by atoms with Crippen molar-refractivity contribution in [2.75, 3.05) is 12.4 Å². The maximum absolute atomic E-state index is 11.6. The average Bonchev–Trinajstić information content (AvgIpc) is 2.36. The smallest absolute Gasteiger partial charge is 0.328 e. The Bertz CT molecular complexity index is 351. The predicted molar refractivity (Wildman–Crippen MR) is 70.4 cm³/mol. The fourth-order valence-electron chi connectivity index (χ4n) is 1.55. The van der Waals surface area contributed by atoms with Crippen LogP contribution in [0, 0.1) is 0 Å². The Kier molecular flexibility index (Phi) is 5.84. The summed E-state index contributed by atoms with van der Waals surface area (Å²) >= 11 is 5.80. The van der Waals surface area contributed by atoms with Gasteiger partial charge in [0.1, 0.15) is 6.04 Å². The fraction of sp³-hybridized carbons (Fsp3) is 0.462. The zero-order valence-electron chi connectivity index (χ0n) is 10.2. The van der Waals surface area contributed by atoms with Gasteiger partial charge in [-0.15, -0.1) is 0 Å². The molecule has 0 aromatic heterocycles. The molecule has 4 heteroatoms. The molecule has 0 amide bonds. The number of benzene rings is 1. The van der Waals surface area contributed by atoms with Gasteiger partial charge in [-0.2, -0.15) is 0 Å². The minimum atomic E-state index is -0.291. The zero-order chi connectivity index (χ0) is 12.7. The molecule has 1 aromatic carbocycles. The summed E-state index contributed by atoms with van der Waals surface area (Å²) in [6.45, 7) is 2.09. The number of hydrogen-bond acceptors (Lipinski definition) is 3. The van der Waals surface area contributed by atoms with E-state index in [1.165, 1.54) is 7.11 Å². The SMILES string of the molecule is CCCCC(Nc1ccc(Cl)cc1)C(=O)OC. The van der Waals surface area contributed by atoms with Gasteiger partial charge in [-0.1, -0.05) is 31.4 Å². The van der Waals surface area contributed by atoms with E-state index >= 15 is 0 Å². The number of carbonyl (C=O) groups excluding carboxylic acids is 1. The first-order valence-electron chi connectivity index (χ1n) is 5.77. The van der Waals surface area contributed by atoms with Crippen molar-refractivity contribution in [3.8, 4) is 0 Å². The van der Waals surface area contributed by atoms with Crippen LogP contribution < -0.4 is 5.32 Å². The lowest BCUT2D eigenvalue weighted by Gasteiger charge is -2.17. The van der Waals surface area contributed by atoms with E-state index in [-0.39, 0.29) is 12.0 Å². The second-order valence-electron chi connectivity index (χ2n) is 3.87. The van der Waals surface area contributed by atoms with Crippen molar-refractivity contribution in [1.82, 2.24) is 0 Å². The van der Waals surface area contributed by atoms with Gasteiger partial charge in [0, 0.05) is 10.7 Å². The molecule has 0 aliphatic heterocycles. The predicted octanol–water partition coefficient (Wildman–Crippen LogP) is 3.48. The summed E-state index contributed by atoms with van der Waals surface area (Å²) in [6.07, 6.45) is 2.81. The van der Waals surface area contributed by atoms with E-state index in [0.29, 0.717) is 5.02 Å². The molecule has 0 spiro atoms. The molecular weight excluding hydrogens is 238 g/mol. The van der Waals surface area contributed by atoms with Crippen LogP contribution >= 0.6 is 11.6 Å². The number of methoxy groups -OCH3 is 1. The van der Waals surface area contributed by atoms with Crippen molar-refractivity contribution >= 4 is 23.3 Å². The van der Waals surface area contributed by atoms with Gasteiger partial charge >= 0.3 is 5.97 Å². The molecule has 1 aromatic rings. The van der Waals surface area contributed by atoms with Gasteiger partial charge in [-0.25, -0.2) is 4.79 Å². The van der Waals surface area contributed by atoms with Gasteiger partial charge in [-0.3, -0.25) is 0 Å². The summed E-state index contributed by atoms with van der Waals surface area (Å²) in [6, 6.07) is 6.99. The highest BCUT2D eigenvalue weighted by Gasteiger charge is 2.17. The summed E-state index contributed by atoms with van der Waals surface area (Å²) in [5, 5.41) is 3.84. The lowest BCUT2D eigenvalue weighted by molar-refractivity contribution is -0.141. The number of nitrogens with one attached hydrogen (secondary N) is 1. The molecule has 0 heterocycles. The van der Waals surface area contributed by atoms with Crippen LogP contribution in [0.1, 0.15) is 26.2 Å². The van der Waals surface area contributed by atoms with E-state index in [1.807, 2.05) is 12.1 Å². The largest absolute Gasteiger partial charge is 0.467 e. The van der Waals surface area contributed by atoms with Gasteiger partial charge in [0.25, 0.3) is 0 Å². The Morgan fingerprint density at radius 1 is 1.41 bits per heavy atom. The minimum absolute atomic E-state index is 0.228. The third-order valence-corrected chi connectivity index (χ3v) is 2.77. The maximum Gasteiger partial charge on any atom is 0.328 e. The summed E-state index contributed by atoms with van der Waals surface area (Å²) in [5.41, 5.74) is 0.876. The number of esters is 1. The van der Waals surface area contributed by atoms with Gasteiger partial charge in [-0.05, 0) is 30.7 Å². The van der Waals surface area contributed by atoms with Crippen molar-refractivity contribution < 1.29 is 9.53 Å². The third-order valence-electron chi connectivity index (χ3n) is 2.52. The molecule has 1 N–H and O–H groups in total. The Morgan fingerprint density at radius 3 is 2.59 bits per heavy atom. The first-order valence-corrected chi connectivity index (χ1v) is 6.15. The molecule has 0 saturated heterocycles. The summed E-state index contributed by atoms with van der Waals surface area (Å²) in [5.74, 6) is -0.228. The lowest BCUT2D eigenvalue weighted by atomic mass is 10.1. The topological polar surface area (TPSA) is 38.3 Å². The van der Waals surface area contributed by atoms with Crippen molar-refractivity contribution in [1.29, 1.82) is 0 Å². The molecule has 94 valence electrons. The molecule has 1 unspecified atom stereocenters. The van der Waals surface area contributed by atoms with Crippen LogP contribution in [0.4, 0.5) is 5.69 Å². The van der Waals surface area contributed by atoms with Crippen LogP contribution in [-0.4, -0.2) is 19.1 Å². The van der Waals surface area contributed by atoms with E-state index < -0.39 is 0 Å². The second kappa shape index (κ2) is 7.17. The number of hydrogen-bond donors (Lipinski definition) is 1. The molecule has 0 radical (unpaired) electrons. The first-order chi connectivity index (χ1) is 8.17. The van der Waals surface area contributed by atoms with E-state index in [2.05, 4.69) is 12.2 Å². The maximum atomic E-state index is 11.6. The second-order valence-corrected chi connectivity index (χ2v) is 4.31. The molecule has 3 nitrogen and oxygen atoms in total. The highest BCUT2D eigenvalue weighted by molar-refractivity contribution is 6.30. The number of carbonyl (C=O) groups is 1. The molecule has 0 saturated carbocycles. The van der Waals surface area contributed by atoms with Crippen LogP contribution in [0.2, 0.25) is 5.02 Å². The van der Waals surface area contributed by atoms with Gasteiger partial charge in [0.2, 0.25) is 0 Å². The van der Waals surface area contributed by atoms with Crippen LogP contribution in [-0.2, 0) is 9.53 Å². The molecule has 0 aliphatic rings. The molecule has 0 bridgehead atoms. The lowest BCUT2D eigenvalue weighted by Crippen LogP contribution is -2.30. The zero-order valence-corrected chi connectivity index (χ0v) is 11.0. The highest BCUT2D eigenvalue weighted by Crippen LogP contribution is 2.16. The molecule has 1 rings (SSSR count). The summed E-state index contributed by atoms with van der Waals surface area (Å²) in [4.78, 5) is 11.6. The fourth-order valence-corrected chi connectivity index (χ4v) is 1.67. The Morgan fingerprint density at radius 2 is 2.06 bits per heavy atom. The number of anilines is 1. The standard InChI is InChI=1S/C13H18ClNO2/c1-3-4-5-12(13(16)17-2)15-11-8-6-10(14)7-9-11/h6-9,12,15H,3-5H2,1-2H3. The van der Waals surface area contributed by atoms with Crippen molar-refractivity contribution in [3.05, 3.63) is 29.3 Å². The van der Waals surface area contributed by atoms with E-state index in [4.69, 9.17) is 16.3 Å². The van der Waals surface area contributed by atoms with E-state index in [9.17, 15) is 4.79 Å². The van der Waals surface area contributed by atoms with Crippen LogP contribution in [0.25, 0.3) is 0 Å². The van der Waals surface area contributed by atoms with Gasteiger partial charge in [0.05, 0.1) is 7.11 Å². The van der Waals surface area contributed by atoms with E-state index in [0.717, 1.165) is 24.9 Å². The number of ether oxygens (including phenoxy) is 1. The molecule has 0 fully saturated rings. The molecule has 0 aliphatic carbocycles.